The second-order valence-corrected chi connectivity index (χ2v) is 4.83. The van der Waals surface area contributed by atoms with Gasteiger partial charge < -0.3 is 14.6 Å². The van der Waals surface area contributed by atoms with Crippen molar-refractivity contribution < 1.29 is 9.26 Å². The standard InChI is InChI=1S/C16H16N4O2/c1-10-15(11(2)22-20-10)12-5-4-6-13(9-12)18-16-17-8-7-14(19-16)21-3/h4-9H,1-3H3,(H,17,18,19). The van der Waals surface area contributed by atoms with E-state index in [2.05, 4.69) is 20.4 Å². The minimum atomic E-state index is 0.482. The highest BCUT2D eigenvalue weighted by molar-refractivity contribution is 5.72. The predicted molar refractivity (Wildman–Crippen MR) is 83.3 cm³/mol. The average molecular weight is 296 g/mol. The van der Waals surface area contributed by atoms with Gasteiger partial charge in [-0.1, -0.05) is 17.3 Å². The molecule has 0 atom stereocenters. The number of aromatic nitrogens is 3. The fourth-order valence-electron chi connectivity index (χ4n) is 2.29. The molecule has 112 valence electrons. The molecule has 2 aromatic heterocycles. The molecule has 1 N–H and O–H groups in total. The van der Waals surface area contributed by atoms with E-state index in [1.54, 1.807) is 19.4 Å². The Morgan fingerprint density at radius 3 is 2.77 bits per heavy atom. The van der Waals surface area contributed by atoms with Crippen molar-refractivity contribution in [2.45, 2.75) is 13.8 Å². The normalized spacial score (nSPS) is 10.5. The summed E-state index contributed by atoms with van der Waals surface area (Å²) < 4.78 is 10.3. The summed E-state index contributed by atoms with van der Waals surface area (Å²) in [6, 6.07) is 9.64. The second-order valence-electron chi connectivity index (χ2n) is 4.83. The van der Waals surface area contributed by atoms with E-state index in [0.717, 1.165) is 28.3 Å². The van der Waals surface area contributed by atoms with Crippen molar-refractivity contribution in [3.05, 3.63) is 48.0 Å². The van der Waals surface area contributed by atoms with Crippen LogP contribution in [0.1, 0.15) is 11.5 Å². The number of hydrogen-bond acceptors (Lipinski definition) is 6. The zero-order valence-electron chi connectivity index (χ0n) is 12.6. The van der Waals surface area contributed by atoms with Crippen LogP contribution in [0, 0.1) is 13.8 Å². The topological polar surface area (TPSA) is 73.1 Å². The maximum atomic E-state index is 5.23. The molecule has 0 saturated heterocycles. The number of nitrogens with one attached hydrogen (secondary N) is 1. The Hall–Kier alpha value is -2.89. The van der Waals surface area contributed by atoms with E-state index in [0.29, 0.717) is 11.8 Å². The quantitative estimate of drug-likeness (QED) is 0.794. The number of aryl methyl sites for hydroxylation is 2. The van der Waals surface area contributed by atoms with Gasteiger partial charge in [0.05, 0.1) is 12.8 Å². The predicted octanol–water partition coefficient (Wildman–Crippen LogP) is 3.50. The van der Waals surface area contributed by atoms with Crippen LogP contribution >= 0.6 is 0 Å². The summed E-state index contributed by atoms with van der Waals surface area (Å²) >= 11 is 0. The maximum absolute atomic E-state index is 5.23. The SMILES string of the molecule is COc1ccnc(Nc2cccc(-c3c(C)noc3C)c2)n1. The first-order chi connectivity index (χ1) is 10.7. The van der Waals surface area contributed by atoms with Gasteiger partial charge in [-0.2, -0.15) is 4.98 Å². The number of hydrogen-bond donors (Lipinski definition) is 1. The van der Waals surface area contributed by atoms with Gasteiger partial charge in [-0.05, 0) is 31.5 Å². The van der Waals surface area contributed by atoms with Crippen molar-refractivity contribution >= 4 is 11.6 Å². The first kappa shape index (κ1) is 14.1. The molecule has 0 fully saturated rings. The van der Waals surface area contributed by atoms with Crippen LogP contribution in [0.5, 0.6) is 5.88 Å². The molecule has 0 saturated carbocycles. The van der Waals surface area contributed by atoms with Crippen LogP contribution in [0.4, 0.5) is 11.6 Å². The molecule has 3 rings (SSSR count). The third-order valence-electron chi connectivity index (χ3n) is 3.28. The van der Waals surface area contributed by atoms with E-state index >= 15 is 0 Å². The van der Waals surface area contributed by atoms with E-state index in [9.17, 15) is 0 Å². The lowest BCUT2D eigenvalue weighted by Gasteiger charge is -2.08. The fourth-order valence-corrected chi connectivity index (χ4v) is 2.29. The highest BCUT2D eigenvalue weighted by atomic mass is 16.5. The summed E-state index contributed by atoms with van der Waals surface area (Å²) in [5, 5.41) is 7.16. The minimum Gasteiger partial charge on any atom is -0.481 e. The van der Waals surface area contributed by atoms with E-state index in [4.69, 9.17) is 9.26 Å². The van der Waals surface area contributed by atoms with Crippen LogP contribution in [-0.2, 0) is 0 Å². The van der Waals surface area contributed by atoms with Crippen molar-refractivity contribution in [3.8, 4) is 17.0 Å². The van der Waals surface area contributed by atoms with Gasteiger partial charge in [0.25, 0.3) is 0 Å². The third-order valence-corrected chi connectivity index (χ3v) is 3.28. The van der Waals surface area contributed by atoms with Crippen LogP contribution < -0.4 is 10.1 Å². The highest BCUT2D eigenvalue weighted by Crippen LogP contribution is 2.29. The second kappa shape index (κ2) is 5.85. The van der Waals surface area contributed by atoms with Crippen LogP contribution in [0.15, 0.2) is 41.1 Å². The lowest BCUT2D eigenvalue weighted by Crippen LogP contribution is -1.98. The number of methoxy groups -OCH3 is 1. The molecule has 22 heavy (non-hydrogen) atoms. The molecule has 6 nitrogen and oxygen atoms in total. The molecule has 0 radical (unpaired) electrons. The number of nitrogens with zero attached hydrogens (tertiary/aromatic N) is 3. The molecule has 3 aromatic rings. The van der Waals surface area contributed by atoms with Crippen molar-refractivity contribution in [1.82, 2.24) is 15.1 Å². The summed E-state index contributed by atoms with van der Waals surface area (Å²) in [5.41, 5.74) is 3.79. The maximum Gasteiger partial charge on any atom is 0.230 e. The molecule has 6 heteroatoms. The van der Waals surface area contributed by atoms with E-state index in [1.807, 2.05) is 38.1 Å². The summed E-state index contributed by atoms with van der Waals surface area (Å²) in [6.07, 6.45) is 1.65. The smallest absolute Gasteiger partial charge is 0.230 e. The van der Waals surface area contributed by atoms with E-state index < -0.39 is 0 Å². The van der Waals surface area contributed by atoms with E-state index in [-0.39, 0.29) is 0 Å². The molecule has 0 amide bonds. The van der Waals surface area contributed by atoms with Crippen molar-refractivity contribution in [2.75, 3.05) is 12.4 Å². The fraction of sp³-hybridized carbons (Fsp3) is 0.188. The molecule has 0 unspecified atom stereocenters. The Balaban J connectivity index is 1.91. The van der Waals surface area contributed by atoms with Crippen LogP contribution in [0.2, 0.25) is 0 Å². The van der Waals surface area contributed by atoms with Gasteiger partial charge in [0.1, 0.15) is 5.76 Å². The Labute approximate surface area is 128 Å². The van der Waals surface area contributed by atoms with Gasteiger partial charge in [-0.3, -0.25) is 0 Å². The van der Waals surface area contributed by atoms with Crippen LogP contribution in [0.3, 0.4) is 0 Å². The Morgan fingerprint density at radius 1 is 1.18 bits per heavy atom. The summed E-state index contributed by atoms with van der Waals surface area (Å²) in [4.78, 5) is 8.42. The average Bonchev–Trinajstić information content (AvgIpc) is 2.87. The highest BCUT2D eigenvalue weighted by Gasteiger charge is 2.11. The number of rotatable bonds is 4. The van der Waals surface area contributed by atoms with Crippen LogP contribution in [0.25, 0.3) is 11.1 Å². The molecule has 0 aliphatic carbocycles. The molecule has 2 heterocycles. The molecule has 0 bridgehead atoms. The van der Waals surface area contributed by atoms with Gasteiger partial charge in [-0.15, -0.1) is 0 Å². The Bertz CT molecular complexity index is 779. The monoisotopic (exact) mass is 296 g/mol. The van der Waals surface area contributed by atoms with Crippen molar-refractivity contribution in [3.63, 3.8) is 0 Å². The van der Waals surface area contributed by atoms with E-state index in [1.165, 1.54) is 0 Å². The molecular weight excluding hydrogens is 280 g/mol. The molecule has 0 spiro atoms. The molecular formula is C16H16N4O2. The molecule has 0 aliphatic rings. The number of anilines is 2. The van der Waals surface area contributed by atoms with Gasteiger partial charge in [0.15, 0.2) is 0 Å². The van der Waals surface area contributed by atoms with Gasteiger partial charge in [-0.25, -0.2) is 4.98 Å². The number of benzene rings is 1. The van der Waals surface area contributed by atoms with Crippen molar-refractivity contribution in [2.24, 2.45) is 0 Å². The van der Waals surface area contributed by atoms with Gasteiger partial charge >= 0.3 is 0 Å². The number of ether oxygens (including phenoxy) is 1. The molecule has 1 aromatic carbocycles. The van der Waals surface area contributed by atoms with Crippen molar-refractivity contribution in [1.29, 1.82) is 0 Å². The zero-order valence-corrected chi connectivity index (χ0v) is 12.6. The minimum absolute atomic E-state index is 0.482. The Morgan fingerprint density at radius 2 is 2.05 bits per heavy atom. The first-order valence-corrected chi connectivity index (χ1v) is 6.85. The van der Waals surface area contributed by atoms with Crippen LogP contribution in [-0.4, -0.2) is 22.2 Å². The summed E-state index contributed by atoms with van der Waals surface area (Å²) in [7, 11) is 1.57. The molecule has 0 aliphatic heterocycles. The van der Waals surface area contributed by atoms with Gasteiger partial charge in [0, 0.05) is 23.5 Å². The first-order valence-electron chi connectivity index (χ1n) is 6.85. The third kappa shape index (κ3) is 2.76. The zero-order chi connectivity index (χ0) is 15.5. The largest absolute Gasteiger partial charge is 0.481 e. The van der Waals surface area contributed by atoms with Gasteiger partial charge in [0.2, 0.25) is 11.8 Å². The summed E-state index contributed by atoms with van der Waals surface area (Å²) in [5.74, 6) is 1.79. The summed E-state index contributed by atoms with van der Waals surface area (Å²) in [6.45, 7) is 3.83. The Kier molecular flexibility index (Phi) is 3.74. The lowest BCUT2D eigenvalue weighted by atomic mass is 10.0. The lowest BCUT2D eigenvalue weighted by molar-refractivity contribution is 0.393.